The fourth-order valence-electron chi connectivity index (χ4n) is 3.07. The van der Waals surface area contributed by atoms with Gasteiger partial charge in [0.2, 0.25) is 5.91 Å². The maximum Gasteiger partial charge on any atom is 0.237 e. The first kappa shape index (κ1) is 16.5. The van der Waals surface area contributed by atoms with E-state index in [1.807, 2.05) is 55.1 Å². The first-order chi connectivity index (χ1) is 11.6. The van der Waals surface area contributed by atoms with Crippen molar-refractivity contribution in [2.45, 2.75) is 32.0 Å². The van der Waals surface area contributed by atoms with Gasteiger partial charge in [-0.3, -0.25) is 14.4 Å². The van der Waals surface area contributed by atoms with Crippen LogP contribution in [0.5, 0.6) is 5.75 Å². The van der Waals surface area contributed by atoms with E-state index in [2.05, 4.69) is 15.3 Å². The second-order valence-electron chi connectivity index (χ2n) is 6.24. The highest BCUT2D eigenvalue weighted by molar-refractivity contribution is 5.82. The van der Waals surface area contributed by atoms with Crippen molar-refractivity contribution in [2.75, 3.05) is 20.2 Å². The number of aromatic nitrogens is 2. The molecule has 2 heterocycles. The van der Waals surface area contributed by atoms with Gasteiger partial charge in [-0.2, -0.15) is 5.10 Å². The molecule has 0 saturated carbocycles. The van der Waals surface area contributed by atoms with Crippen molar-refractivity contribution in [3.63, 3.8) is 0 Å². The van der Waals surface area contributed by atoms with E-state index in [1.54, 1.807) is 13.3 Å². The van der Waals surface area contributed by atoms with Crippen LogP contribution in [0.15, 0.2) is 42.7 Å². The van der Waals surface area contributed by atoms with Crippen LogP contribution >= 0.6 is 0 Å². The van der Waals surface area contributed by atoms with Crippen LogP contribution in [0, 0.1) is 0 Å². The second kappa shape index (κ2) is 7.05. The summed E-state index contributed by atoms with van der Waals surface area (Å²) in [6.45, 7) is 5.62. The molecule has 1 amide bonds. The Morgan fingerprint density at radius 2 is 2.04 bits per heavy atom. The summed E-state index contributed by atoms with van der Waals surface area (Å²) in [6.07, 6.45) is 3.75. The lowest BCUT2D eigenvalue weighted by Crippen LogP contribution is -2.56. The zero-order chi connectivity index (χ0) is 17.1. The molecule has 0 spiro atoms. The van der Waals surface area contributed by atoms with Gasteiger partial charge < -0.3 is 10.1 Å². The van der Waals surface area contributed by atoms with E-state index in [9.17, 15) is 4.79 Å². The molecule has 24 heavy (non-hydrogen) atoms. The molecule has 0 unspecified atom stereocenters. The van der Waals surface area contributed by atoms with Crippen molar-refractivity contribution in [2.24, 2.45) is 0 Å². The molecule has 1 aliphatic heterocycles. The van der Waals surface area contributed by atoms with Crippen molar-refractivity contribution in [3.05, 3.63) is 48.3 Å². The number of para-hydroxylation sites is 1. The number of ether oxygens (including phenoxy) is 1. The van der Waals surface area contributed by atoms with Crippen molar-refractivity contribution in [3.8, 4) is 5.75 Å². The first-order valence-electron chi connectivity index (χ1n) is 8.26. The van der Waals surface area contributed by atoms with Crippen LogP contribution in [0.1, 0.15) is 31.5 Å². The number of methoxy groups -OCH3 is 1. The molecule has 1 N–H and O–H groups in total. The molecule has 1 fully saturated rings. The van der Waals surface area contributed by atoms with Crippen molar-refractivity contribution >= 4 is 5.91 Å². The highest BCUT2D eigenvalue weighted by Crippen LogP contribution is 2.26. The number of rotatable bonds is 6. The summed E-state index contributed by atoms with van der Waals surface area (Å²) in [5, 5.41) is 7.35. The molecule has 3 rings (SSSR count). The first-order valence-corrected chi connectivity index (χ1v) is 8.26. The monoisotopic (exact) mass is 328 g/mol. The maximum atomic E-state index is 12.5. The van der Waals surface area contributed by atoms with Gasteiger partial charge in [-0.05, 0) is 26.0 Å². The molecule has 0 aliphatic carbocycles. The van der Waals surface area contributed by atoms with E-state index >= 15 is 0 Å². The lowest BCUT2D eigenvalue weighted by atomic mass is 10.0. The van der Waals surface area contributed by atoms with Crippen LogP contribution in [0.2, 0.25) is 0 Å². The molecule has 6 nitrogen and oxygen atoms in total. The molecule has 128 valence electrons. The maximum absolute atomic E-state index is 12.5. The van der Waals surface area contributed by atoms with Gasteiger partial charge in [0.05, 0.1) is 25.2 Å². The topological polar surface area (TPSA) is 59.4 Å². The Morgan fingerprint density at radius 3 is 2.71 bits per heavy atom. The fraction of sp³-hybridized carbons (Fsp3) is 0.444. The Labute approximate surface area is 142 Å². The third-order valence-corrected chi connectivity index (χ3v) is 4.68. The number of benzene rings is 1. The molecule has 0 radical (unpaired) electrons. The third-order valence-electron chi connectivity index (χ3n) is 4.68. The molecule has 6 heteroatoms. The van der Waals surface area contributed by atoms with Gasteiger partial charge in [-0.1, -0.05) is 18.2 Å². The number of amides is 1. The summed E-state index contributed by atoms with van der Waals surface area (Å²) in [4.78, 5) is 14.7. The second-order valence-corrected chi connectivity index (χ2v) is 6.24. The highest BCUT2D eigenvalue weighted by atomic mass is 16.5. The van der Waals surface area contributed by atoms with Crippen LogP contribution in [0.3, 0.4) is 0 Å². The smallest absolute Gasteiger partial charge is 0.237 e. The minimum Gasteiger partial charge on any atom is -0.496 e. The average molecular weight is 328 g/mol. The molecule has 2 atom stereocenters. The van der Waals surface area contributed by atoms with Crippen LogP contribution < -0.4 is 10.1 Å². The van der Waals surface area contributed by atoms with E-state index in [0.717, 1.165) is 24.4 Å². The summed E-state index contributed by atoms with van der Waals surface area (Å²) in [5.41, 5.74) is 0.985. The summed E-state index contributed by atoms with van der Waals surface area (Å²) >= 11 is 0. The molecule has 1 saturated heterocycles. The molecule has 1 aromatic heterocycles. The third kappa shape index (κ3) is 3.28. The Bertz CT molecular complexity index is 680. The zero-order valence-electron chi connectivity index (χ0n) is 14.3. The van der Waals surface area contributed by atoms with E-state index in [1.165, 1.54) is 0 Å². The SMILES string of the molecule is COc1ccccc1[C@H](C)NC(=O)[C@H](C)N1CC(n2cccn2)C1. The predicted molar refractivity (Wildman–Crippen MR) is 91.9 cm³/mol. The van der Waals surface area contributed by atoms with E-state index in [0.29, 0.717) is 6.04 Å². The van der Waals surface area contributed by atoms with Crippen LogP contribution in [-0.4, -0.2) is 46.8 Å². The quantitative estimate of drug-likeness (QED) is 0.881. The number of likely N-dealkylation sites (tertiary alicyclic amines) is 1. The minimum atomic E-state index is -0.158. The Morgan fingerprint density at radius 1 is 1.29 bits per heavy atom. The minimum absolute atomic E-state index is 0.0346. The van der Waals surface area contributed by atoms with E-state index in [4.69, 9.17) is 4.74 Å². The summed E-state index contributed by atoms with van der Waals surface area (Å²) in [7, 11) is 1.64. The van der Waals surface area contributed by atoms with Crippen LogP contribution in [-0.2, 0) is 4.79 Å². The summed E-state index contributed by atoms with van der Waals surface area (Å²) < 4.78 is 7.33. The number of carbonyl (C=O) groups is 1. The highest BCUT2D eigenvalue weighted by Gasteiger charge is 2.35. The lowest BCUT2D eigenvalue weighted by molar-refractivity contribution is -0.129. The summed E-state index contributed by atoms with van der Waals surface area (Å²) in [6, 6.07) is 9.80. The number of hydrogen-bond donors (Lipinski definition) is 1. The van der Waals surface area contributed by atoms with Crippen molar-refractivity contribution in [1.29, 1.82) is 0 Å². The zero-order valence-corrected chi connectivity index (χ0v) is 14.3. The normalized spacial score (nSPS) is 17.8. The van der Waals surface area contributed by atoms with Gasteiger partial charge in [0, 0.05) is 31.0 Å². The average Bonchev–Trinajstić information content (AvgIpc) is 3.07. The molecule has 1 aliphatic rings. The Hall–Kier alpha value is -2.34. The Balaban J connectivity index is 1.55. The fourth-order valence-corrected chi connectivity index (χ4v) is 3.07. The Kier molecular flexibility index (Phi) is 4.85. The van der Waals surface area contributed by atoms with Gasteiger partial charge in [0.25, 0.3) is 0 Å². The molecular weight excluding hydrogens is 304 g/mol. The van der Waals surface area contributed by atoms with Gasteiger partial charge >= 0.3 is 0 Å². The molecule has 1 aromatic carbocycles. The molecular formula is C18H24N4O2. The van der Waals surface area contributed by atoms with Crippen LogP contribution in [0.4, 0.5) is 0 Å². The largest absolute Gasteiger partial charge is 0.496 e. The van der Waals surface area contributed by atoms with E-state index in [-0.39, 0.29) is 18.0 Å². The van der Waals surface area contributed by atoms with Gasteiger partial charge in [0.15, 0.2) is 0 Å². The number of hydrogen-bond acceptors (Lipinski definition) is 4. The van der Waals surface area contributed by atoms with Crippen molar-refractivity contribution < 1.29 is 9.53 Å². The molecule has 2 aromatic rings. The lowest BCUT2D eigenvalue weighted by Gasteiger charge is -2.42. The predicted octanol–water partition coefficient (Wildman–Crippen LogP) is 2.01. The van der Waals surface area contributed by atoms with Gasteiger partial charge in [-0.25, -0.2) is 0 Å². The van der Waals surface area contributed by atoms with Gasteiger partial charge in [0.1, 0.15) is 5.75 Å². The van der Waals surface area contributed by atoms with Crippen molar-refractivity contribution in [1.82, 2.24) is 20.0 Å². The van der Waals surface area contributed by atoms with E-state index < -0.39 is 0 Å². The number of nitrogens with one attached hydrogen (secondary N) is 1. The van der Waals surface area contributed by atoms with Crippen LogP contribution in [0.25, 0.3) is 0 Å². The number of nitrogens with zero attached hydrogens (tertiary/aromatic N) is 3. The molecule has 0 bridgehead atoms. The number of carbonyl (C=O) groups excluding carboxylic acids is 1. The van der Waals surface area contributed by atoms with Gasteiger partial charge in [-0.15, -0.1) is 0 Å². The standard InChI is InChI=1S/C18H24N4O2/c1-13(16-7-4-5-8-17(16)24-3)20-18(23)14(2)21-11-15(12-21)22-10-6-9-19-22/h4-10,13-15H,11-12H2,1-3H3,(H,20,23)/t13-,14-/m0/s1. The summed E-state index contributed by atoms with van der Waals surface area (Å²) in [5.74, 6) is 0.827.